The van der Waals surface area contributed by atoms with Crippen molar-refractivity contribution in [3.8, 4) is 0 Å². The van der Waals surface area contributed by atoms with E-state index in [4.69, 9.17) is 14.6 Å². The number of carbonyl (C=O) groups excluding carboxylic acids is 1. The molecular formula is C9H12O5. The normalized spacial score (nSPS) is 21.9. The van der Waals surface area contributed by atoms with Crippen molar-refractivity contribution in [1.29, 1.82) is 0 Å². The molecule has 14 heavy (non-hydrogen) atoms. The van der Waals surface area contributed by atoms with E-state index >= 15 is 0 Å². The van der Waals surface area contributed by atoms with E-state index in [1.165, 1.54) is 0 Å². The van der Waals surface area contributed by atoms with Gasteiger partial charge in [-0.25, -0.2) is 9.59 Å². The Labute approximate surface area is 81.3 Å². The zero-order chi connectivity index (χ0) is 10.6. The summed E-state index contributed by atoms with van der Waals surface area (Å²) in [5, 5.41) is 8.26. The van der Waals surface area contributed by atoms with Crippen molar-refractivity contribution in [2.75, 3.05) is 6.61 Å². The minimum absolute atomic E-state index is 0.0119. The lowest BCUT2D eigenvalue weighted by molar-refractivity contribution is -0.144. The minimum atomic E-state index is -1.17. The summed E-state index contributed by atoms with van der Waals surface area (Å²) in [6, 6.07) is 0. The molecular weight excluding hydrogens is 188 g/mol. The first kappa shape index (κ1) is 10.7. The molecule has 2 atom stereocenters. The maximum atomic E-state index is 11.0. The Morgan fingerprint density at radius 1 is 1.64 bits per heavy atom. The van der Waals surface area contributed by atoms with Gasteiger partial charge in [-0.15, -0.1) is 0 Å². The highest BCUT2D eigenvalue weighted by atomic mass is 16.6. The molecule has 0 bridgehead atoms. The fourth-order valence-electron chi connectivity index (χ4n) is 1.02. The summed E-state index contributed by atoms with van der Waals surface area (Å²) in [6.45, 7) is 2.48. The first-order valence-corrected chi connectivity index (χ1v) is 4.36. The Morgan fingerprint density at radius 2 is 2.29 bits per heavy atom. The quantitative estimate of drug-likeness (QED) is 0.393. The van der Waals surface area contributed by atoms with Gasteiger partial charge in [-0.2, -0.15) is 0 Å². The summed E-state index contributed by atoms with van der Waals surface area (Å²) in [7, 11) is 0. The highest BCUT2D eigenvalue weighted by Gasteiger charge is 2.33. The third kappa shape index (κ3) is 3.57. The van der Waals surface area contributed by atoms with E-state index in [0.29, 0.717) is 13.0 Å². The first-order chi connectivity index (χ1) is 6.63. The van der Waals surface area contributed by atoms with Gasteiger partial charge in [0, 0.05) is 12.2 Å². The van der Waals surface area contributed by atoms with Crippen LogP contribution in [0.4, 0.5) is 0 Å². The number of carbonyl (C=O) groups is 2. The Bertz CT molecular complexity index is 254. The van der Waals surface area contributed by atoms with Crippen molar-refractivity contribution in [2.45, 2.75) is 25.6 Å². The summed E-state index contributed by atoms with van der Waals surface area (Å²) in [5.41, 5.74) is 0. The van der Waals surface area contributed by atoms with E-state index in [-0.39, 0.29) is 12.2 Å². The number of carboxylic acid groups (broad SMARTS) is 1. The van der Waals surface area contributed by atoms with Crippen LogP contribution < -0.4 is 0 Å². The fraction of sp³-hybridized carbons (Fsp3) is 0.556. The summed E-state index contributed by atoms with van der Waals surface area (Å²) < 4.78 is 9.93. The second-order valence-corrected chi connectivity index (χ2v) is 2.93. The van der Waals surface area contributed by atoms with Crippen LogP contribution in [0.25, 0.3) is 0 Å². The summed E-state index contributed by atoms with van der Waals surface area (Å²) in [5.74, 6) is -1.81. The molecule has 1 N–H and O–H groups in total. The SMILES string of the molecule is CCC(OC(=O)C=CC(=O)O)C1CO1. The molecule has 2 unspecified atom stereocenters. The molecule has 0 aliphatic carbocycles. The van der Waals surface area contributed by atoms with Crippen LogP contribution in [0.5, 0.6) is 0 Å². The Kier molecular flexibility index (Phi) is 3.64. The van der Waals surface area contributed by atoms with E-state index in [1.807, 2.05) is 6.92 Å². The number of hydrogen-bond acceptors (Lipinski definition) is 4. The molecule has 1 rings (SSSR count). The van der Waals surface area contributed by atoms with Gasteiger partial charge in [0.2, 0.25) is 0 Å². The predicted octanol–water partition coefficient (Wildman–Crippen LogP) is 0.348. The Morgan fingerprint density at radius 3 is 2.71 bits per heavy atom. The lowest BCUT2D eigenvalue weighted by atomic mass is 10.2. The second-order valence-electron chi connectivity index (χ2n) is 2.93. The van der Waals surface area contributed by atoms with Crippen LogP contribution in [0.1, 0.15) is 13.3 Å². The van der Waals surface area contributed by atoms with E-state index in [0.717, 1.165) is 12.2 Å². The molecule has 78 valence electrons. The van der Waals surface area contributed by atoms with E-state index < -0.39 is 11.9 Å². The zero-order valence-corrected chi connectivity index (χ0v) is 7.80. The summed E-state index contributed by atoms with van der Waals surface area (Å²) in [6.07, 6.45) is 2.04. The molecule has 0 aromatic rings. The van der Waals surface area contributed by atoms with Gasteiger partial charge >= 0.3 is 11.9 Å². The van der Waals surface area contributed by atoms with Crippen LogP contribution in [-0.4, -0.2) is 35.9 Å². The van der Waals surface area contributed by atoms with Crippen LogP contribution >= 0.6 is 0 Å². The van der Waals surface area contributed by atoms with Gasteiger partial charge in [-0.1, -0.05) is 6.92 Å². The van der Waals surface area contributed by atoms with Crippen LogP contribution in [0.15, 0.2) is 12.2 Å². The molecule has 0 aromatic carbocycles. The number of hydrogen-bond donors (Lipinski definition) is 1. The summed E-state index contributed by atoms with van der Waals surface area (Å²) >= 11 is 0. The van der Waals surface area contributed by atoms with Crippen molar-refractivity contribution in [3.63, 3.8) is 0 Å². The van der Waals surface area contributed by atoms with Crippen LogP contribution in [0.2, 0.25) is 0 Å². The Hall–Kier alpha value is -1.36. The van der Waals surface area contributed by atoms with Gasteiger partial charge < -0.3 is 14.6 Å². The molecule has 1 fully saturated rings. The van der Waals surface area contributed by atoms with Crippen molar-refractivity contribution >= 4 is 11.9 Å². The third-order valence-electron chi connectivity index (χ3n) is 1.81. The maximum absolute atomic E-state index is 11.0. The number of esters is 1. The molecule has 0 saturated carbocycles. The molecule has 1 aliphatic heterocycles. The van der Waals surface area contributed by atoms with Gasteiger partial charge in [-0.3, -0.25) is 0 Å². The van der Waals surface area contributed by atoms with Crippen LogP contribution in [0.3, 0.4) is 0 Å². The number of aliphatic carboxylic acids is 1. The second kappa shape index (κ2) is 4.76. The smallest absolute Gasteiger partial charge is 0.331 e. The molecule has 5 nitrogen and oxygen atoms in total. The monoisotopic (exact) mass is 200 g/mol. The molecule has 5 heteroatoms. The predicted molar refractivity (Wildman–Crippen MR) is 46.7 cm³/mol. The standard InChI is InChI=1S/C9H12O5/c1-2-6(7-5-13-7)14-9(12)4-3-8(10)11/h3-4,6-7H,2,5H2,1H3,(H,10,11). The minimum Gasteiger partial charge on any atom is -0.478 e. The molecule has 1 saturated heterocycles. The highest BCUT2D eigenvalue weighted by molar-refractivity contribution is 5.90. The van der Waals surface area contributed by atoms with Crippen molar-refractivity contribution < 1.29 is 24.2 Å². The number of epoxide rings is 1. The van der Waals surface area contributed by atoms with Gasteiger partial charge in [0.05, 0.1) is 6.61 Å². The molecule has 0 amide bonds. The topological polar surface area (TPSA) is 76.1 Å². The number of carboxylic acids is 1. The molecule has 0 spiro atoms. The van der Waals surface area contributed by atoms with Crippen molar-refractivity contribution in [2.24, 2.45) is 0 Å². The fourth-order valence-corrected chi connectivity index (χ4v) is 1.02. The number of ether oxygens (including phenoxy) is 2. The van der Waals surface area contributed by atoms with E-state index in [1.54, 1.807) is 0 Å². The zero-order valence-electron chi connectivity index (χ0n) is 7.80. The lowest BCUT2D eigenvalue weighted by Gasteiger charge is -2.11. The van der Waals surface area contributed by atoms with Crippen molar-refractivity contribution in [1.82, 2.24) is 0 Å². The molecule has 1 aliphatic rings. The van der Waals surface area contributed by atoms with Gasteiger partial charge in [0.25, 0.3) is 0 Å². The van der Waals surface area contributed by atoms with Crippen molar-refractivity contribution in [3.05, 3.63) is 12.2 Å². The number of rotatable bonds is 5. The van der Waals surface area contributed by atoms with Crippen LogP contribution in [-0.2, 0) is 19.1 Å². The average molecular weight is 200 g/mol. The largest absolute Gasteiger partial charge is 0.478 e. The van der Waals surface area contributed by atoms with E-state index in [2.05, 4.69) is 0 Å². The highest BCUT2D eigenvalue weighted by Crippen LogP contribution is 2.19. The van der Waals surface area contributed by atoms with Crippen LogP contribution in [0, 0.1) is 0 Å². The van der Waals surface area contributed by atoms with Gasteiger partial charge in [0.15, 0.2) is 0 Å². The first-order valence-electron chi connectivity index (χ1n) is 4.36. The maximum Gasteiger partial charge on any atom is 0.331 e. The molecule has 0 aromatic heterocycles. The van der Waals surface area contributed by atoms with Gasteiger partial charge in [0.1, 0.15) is 12.2 Å². The average Bonchev–Trinajstić information content (AvgIpc) is 2.94. The summed E-state index contributed by atoms with van der Waals surface area (Å²) in [4.78, 5) is 21.1. The third-order valence-corrected chi connectivity index (χ3v) is 1.81. The van der Waals surface area contributed by atoms with Gasteiger partial charge in [-0.05, 0) is 6.42 Å². The molecule has 0 radical (unpaired) electrons. The van der Waals surface area contributed by atoms with E-state index in [9.17, 15) is 9.59 Å². The molecule has 1 heterocycles. The Balaban J connectivity index is 2.34. The lowest BCUT2D eigenvalue weighted by Crippen LogP contribution is -2.21.